The molecule has 0 aliphatic carbocycles. The van der Waals surface area contributed by atoms with Crippen LogP contribution in [0.4, 0.5) is 5.69 Å². The van der Waals surface area contributed by atoms with Crippen LogP contribution in [0.3, 0.4) is 0 Å². The first-order chi connectivity index (χ1) is 14.0. The van der Waals surface area contributed by atoms with Gasteiger partial charge in [0.05, 0.1) is 12.6 Å². The Kier molecular flexibility index (Phi) is 6.14. The standard InChI is InChI=1S/C23H22N2O4/c1-4-14-29-22-21(28-3)18-12-11-17(15-19(18)25(2)23(22)27)24-20(26)13-10-16-8-6-5-7-9-16/h4-13,15H,1,14H2,2-3H3,(H,24,26)/b13-10+. The second kappa shape index (κ2) is 8.93. The molecule has 0 bridgehead atoms. The largest absolute Gasteiger partial charge is 0.492 e. The van der Waals surface area contributed by atoms with E-state index >= 15 is 0 Å². The van der Waals surface area contributed by atoms with Crippen LogP contribution in [-0.4, -0.2) is 24.2 Å². The smallest absolute Gasteiger partial charge is 0.297 e. The Balaban J connectivity index is 1.92. The lowest BCUT2D eigenvalue weighted by atomic mass is 10.1. The van der Waals surface area contributed by atoms with E-state index in [9.17, 15) is 9.59 Å². The topological polar surface area (TPSA) is 69.6 Å². The molecule has 0 spiro atoms. The van der Waals surface area contributed by atoms with Crippen molar-refractivity contribution in [3.8, 4) is 11.5 Å². The van der Waals surface area contributed by atoms with Crippen molar-refractivity contribution in [3.05, 3.63) is 83.2 Å². The van der Waals surface area contributed by atoms with Crippen molar-refractivity contribution in [2.24, 2.45) is 7.05 Å². The first kappa shape index (κ1) is 19.9. The molecule has 3 aromatic rings. The van der Waals surface area contributed by atoms with Gasteiger partial charge in [-0.2, -0.15) is 0 Å². The quantitative estimate of drug-likeness (QED) is 0.493. The molecule has 0 aliphatic heterocycles. The number of fused-ring (bicyclic) bond motifs is 1. The molecular formula is C23H22N2O4. The number of ether oxygens (including phenoxy) is 2. The molecule has 0 atom stereocenters. The fraction of sp³-hybridized carbons (Fsp3) is 0.130. The number of aryl methyl sites for hydroxylation is 1. The highest BCUT2D eigenvalue weighted by Gasteiger charge is 2.17. The number of aromatic nitrogens is 1. The molecule has 0 saturated heterocycles. The highest BCUT2D eigenvalue weighted by atomic mass is 16.5. The molecule has 0 unspecified atom stereocenters. The van der Waals surface area contributed by atoms with E-state index in [1.807, 2.05) is 30.3 Å². The number of hydrogen-bond donors (Lipinski definition) is 1. The maximum Gasteiger partial charge on any atom is 0.297 e. The van der Waals surface area contributed by atoms with E-state index in [1.165, 1.54) is 17.8 Å². The molecule has 2 aromatic carbocycles. The third-order valence-electron chi connectivity index (χ3n) is 4.35. The molecular weight excluding hydrogens is 368 g/mol. The fourth-order valence-electron chi connectivity index (χ4n) is 2.95. The Morgan fingerprint density at radius 3 is 2.62 bits per heavy atom. The van der Waals surface area contributed by atoms with E-state index in [-0.39, 0.29) is 23.8 Å². The van der Waals surface area contributed by atoms with Crippen molar-refractivity contribution in [2.75, 3.05) is 19.0 Å². The SMILES string of the molecule is C=CCOc1c(OC)c2ccc(NC(=O)/C=C/c3ccccc3)cc2n(C)c1=O. The molecule has 1 aromatic heterocycles. The molecule has 6 heteroatoms. The number of nitrogens with one attached hydrogen (secondary N) is 1. The van der Waals surface area contributed by atoms with Crippen molar-refractivity contribution in [1.29, 1.82) is 0 Å². The zero-order valence-corrected chi connectivity index (χ0v) is 16.3. The Morgan fingerprint density at radius 2 is 1.93 bits per heavy atom. The summed E-state index contributed by atoms with van der Waals surface area (Å²) in [6.45, 7) is 3.79. The molecule has 1 N–H and O–H groups in total. The van der Waals surface area contributed by atoms with Crippen molar-refractivity contribution in [2.45, 2.75) is 0 Å². The van der Waals surface area contributed by atoms with E-state index in [4.69, 9.17) is 9.47 Å². The number of methoxy groups -OCH3 is 1. The molecule has 1 heterocycles. The summed E-state index contributed by atoms with van der Waals surface area (Å²) in [7, 11) is 3.13. The molecule has 148 valence electrons. The van der Waals surface area contributed by atoms with Crippen molar-refractivity contribution < 1.29 is 14.3 Å². The number of anilines is 1. The Hall–Kier alpha value is -3.80. The number of carbonyl (C=O) groups is 1. The van der Waals surface area contributed by atoms with Gasteiger partial charge in [0.1, 0.15) is 6.61 Å². The lowest BCUT2D eigenvalue weighted by Crippen LogP contribution is -2.21. The minimum Gasteiger partial charge on any atom is -0.492 e. The molecule has 3 rings (SSSR count). The van der Waals surface area contributed by atoms with Gasteiger partial charge in [-0.05, 0) is 29.8 Å². The van der Waals surface area contributed by atoms with Crippen molar-refractivity contribution in [3.63, 3.8) is 0 Å². The predicted molar refractivity (Wildman–Crippen MR) is 116 cm³/mol. The van der Waals surface area contributed by atoms with Gasteiger partial charge in [-0.15, -0.1) is 0 Å². The van der Waals surface area contributed by atoms with Gasteiger partial charge < -0.3 is 19.4 Å². The third kappa shape index (κ3) is 4.38. The van der Waals surface area contributed by atoms with Crippen LogP contribution in [0.2, 0.25) is 0 Å². The zero-order chi connectivity index (χ0) is 20.8. The van der Waals surface area contributed by atoms with Crippen LogP contribution in [0.25, 0.3) is 17.0 Å². The van der Waals surface area contributed by atoms with Gasteiger partial charge in [0.25, 0.3) is 5.56 Å². The number of pyridine rings is 1. The first-order valence-electron chi connectivity index (χ1n) is 9.03. The number of hydrogen-bond acceptors (Lipinski definition) is 4. The highest BCUT2D eigenvalue weighted by Crippen LogP contribution is 2.33. The van der Waals surface area contributed by atoms with Crippen molar-refractivity contribution in [1.82, 2.24) is 4.57 Å². The van der Waals surface area contributed by atoms with Gasteiger partial charge in [0, 0.05) is 24.2 Å². The van der Waals surface area contributed by atoms with Gasteiger partial charge in [-0.25, -0.2) is 0 Å². The van der Waals surface area contributed by atoms with Gasteiger partial charge in [0.2, 0.25) is 11.7 Å². The number of benzene rings is 2. The maximum atomic E-state index is 12.7. The molecule has 0 saturated carbocycles. The Labute approximate surface area is 168 Å². The van der Waals surface area contributed by atoms with Crippen LogP contribution in [0.15, 0.2) is 72.1 Å². The lowest BCUT2D eigenvalue weighted by molar-refractivity contribution is -0.111. The van der Waals surface area contributed by atoms with Crippen molar-refractivity contribution >= 4 is 28.6 Å². The minimum absolute atomic E-state index is 0.130. The molecule has 0 fully saturated rings. The average Bonchev–Trinajstić information content (AvgIpc) is 2.74. The Morgan fingerprint density at radius 1 is 1.17 bits per heavy atom. The normalized spacial score (nSPS) is 10.8. The summed E-state index contributed by atoms with van der Waals surface area (Å²) in [5, 5.41) is 3.51. The lowest BCUT2D eigenvalue weighted by Gasteiger charge is -2.15. The van der Waals surface area contributed by atoms with E-state index < -0.39 is 0 Å². The van der Waals surface area contributed by atoms with Gasteiger partial charge in [-0.1, -0.05) is 43.0 Å². The number of rotatable bonds is 7. The number of nitrogens with zero attached hydrogens (tertiary/aromatic N) is 1. The summed E-state index contributed by atoms with van der Waals surface area (Å²) in [6, 6.07) is 14.8. The summed E-state index contributed by atoms with van der Waals surface area (Å²) in [5.74, 6) is 0.216. The maximum absolute atomic E-state index is 12.7. The summed E-state index contributed by atoms with van der Waals surface area (Å²) < 4.78 is 12.4. The van der Waals surface area contributed by atoms with Crippen LogP contribution in [0, 0.1) is 0 Å². The van der Waals surface area contributed by atoms with Crippen LogP contribution >= 0.6 is 0 Å². The number of carbonyl (C=O) groups excluding carboxylic acids is 1. The fourth-order valence-corrected chi connectivity index (χ4v) is 2.95. The van der Waals surface area contributed by atoms with E-state index in [1.54, 1.807) is 37.4 Å². The second-order valence-electron chi connectivity index (χ2n) is 6.29. The molecule has 1 amide bonds. The molecule has 29 heavy (non-hydrogen) atoms. The van der Waals surface area contributed by atoms with Crippen LogP contribution in [0.1, 0.15) is 5.56 Å². The van der Waals surface area contributed by atoms with E-state index in [2.05, 4.69) is 11.9 Å². The van der Waals surface area contributed by atoms with Crippen LogP contribution in [-0.2, 0) is 11.8 Å². The highest BCUT2D eigenvalue weighted by molar-refractivity contribution is 6.03. The monoisotopic (exact) mass is 390 g/mol. The summed E-state index contributed by atoms with van der Waals surface area (Å²) >= 11 is 0. The average molecular weight is 390 g/mol. The van der Waals surface area contributed by atoms with Gasteiger partial charge in [0.15, 0.2) is 5.75 Å². The molecule has 0 radical (unpaired) electrons. The van der Waals surface area contributed by atoms with Gasteiger partial charge >= 0.3 is 0 Å². The molecule has 6 nitrogen and oxygen atoms in total. The van der Waals surface area contributed by atoms with E-state index in [0.29, 0.717) is 22.3 Å². The zero-order valence-electron chi connectivity index (χ0n) is 16.3. The third-order valence-corrected chi connectivity index (χ3v) is 4.35. The minimum atomic E-state index is -0.330. The number of amides is 1. The second-order valence-corrected chi connectivity index (χ2v) is 6.29. The summed E-state index contributed by atoms with van der Waals surface area (Å²) in [5.41, 5.74) is 1.78. The van der Waals surface area contributed by atoms with Crippen LogP contribution in [0.5, 0.6) is 11.5 Å². The summed E-state index contributed by atoms with van der Waals surface area (Å²) in [4.78, 5) is 24.9. The van der Waals surface area contributed by atoms with E-state index in [0.717, 1.165) is 5.56 Å². The Bertz CT molecular complexity index is 1130. The first-order valence-corrected chi connectivity index (χ1v) is 9.03. The van der Waals surface area contributed by atoms with Gasteiger partial charge in [-0.3, -0.25) is 9.59 Å². The van der Waals surface area contributed by atoms with Crippen LogP contribution < -0.4 is 20.3 Å². The predicted octanol–water partition coefficient (Wildman–Crippen LogP) is 3.76. The summed E-state index contributed by atoms with van der Waals surface area (Å²) in [6.07, 6.45) is 4.76. The molecule has 0 aliphatic rings.